The molecule has 0 aliphatic carbocycles. The highest BCUT2D eigenvalue weighted by molar-refractivity contribution is 6.05. The smallest absolute Gasteiger partial charge is 0.274 e. The highest BCUT2D eigenvalue weighted by Gasteiger charge is 2.18. The van der Waals surface area contributed by atoms with Gasteiger partial charge in [-0.3, -0.25) is 4.79 Å². The molecule has 9 heteroatoms. The van der Waals surface area contributed by atoms with Crippen LogP contribution in [0, 0.1) is 0 Å². The lowest BCUT2D eigenvalue weighted by Gasteiger charge is -2.31. The molecule has 0 saturated carbocycles. The van der Waals surface area contributed by atoms with Gasteiger partial charge in [-0.1, -0.05) is 24.3 Å². The zero-order valence-corrected chi connectivity index (χ0v) is 20.1. The monoisotopic (exact) mass is 494 g/mol. The third-order valence-electron chi connectivity index (χ3n) is 6.34. The van der Waals surface area contributed by atoms with Crippen molar-refractivity contribution in [1.82, 2.24) is 19.9 Å². The van der Waals surface area contributed by atoms with Gasteiger partial charge in [0.15, 0.2) is 5.65 Å². The first-order valence-corrected chi connectivity index (χ1v) is 12.2. The van der Waals surface area contributed by atoms with Crippen LogP contribution < -0.4 is 20.3 Å². The number of para-hydroxylation sites is 2. The minimum atomic E-state index is -0.265. The lowest BCUT2D eigenvalue weighted by atomic mass is 10.1. The van der Waals surface area contributed by atoms with Crippen LogP contribution in [0.25, 0.3) is 16.8 Å². The zero-order chi connectivity index (χ0) is 25.0. The molecule has 37 heavy (non-hydrogen) atoms. The molecule has 1 saturated heterocycles. The molecule has 2 N–H and O–H groups in total. The summed E-state index contributed by atoms with van der Waals surface area (Å²) in [5.74, 6) is 1.23. The second-order valence-corrected chi connectivity index (χ2v) is 8.74. The van der Waals surface area contributed by atoms with Crippen molar-refractivity contribution in [3.8, 4) is 16.9 Å². The predicted octanol–water partition coefficient (Wildman–Crippen LogP) is 4.23. The molecule has 6 rings (SSSR count). The average molecular weight is 495 g/mol. The first-order valence-electron chi connectivity index (χ1n) is 12.2. The van der Waals surface area contributed by atoms with Crippen LogP contribution in [0.4, 0.5) is 11.4 Å². The standard InChI is InChI=1S/C28H26N6O3/c35-28(32-24-5-1-2-6-26(24)33-15-12-29-13-16-33)25-11-14-34-27(31-25)23(18-30-34)20-7-9-21(10-8-20)37-19-22-4-3-17-36-22/h1-11,14,17-18,29H,12-13,15-16,19H2,(H,32,35). The number of benzene rings is 2. The van der Waals surface area contributed by atoms with E-state index in [-0.39, 0.29) is 5.91 Å². The molecule has 1 fully saturated rings. The molecule has 3 aromatic heterocycles. The van der Waals surface area contributed by atoms with E-state index in [0.29, 0.717) is 17.9 Å². The Kier molecular flexibility index (Phi) is 6.26. The van der Waals surface area contributed by atoms with Gasteiger partial charge in [0.25, 0.3) is 5.91 Å². The number of hydrogen-bond donors (Lipinski definition) is 2. The van der Waals surface area contributed by atoms with Crippen molar-refractivity contribution >= 4 is 22.9 Å². The summed E-state index contributed by atoms with van der Waals surface area (Å²) >= 11 is 0. The number of carbonyl (C=O) groups is 1. The van der Waals surface area contributed by atoms with Crippen LogP contribution in [0.2, 0.25) is 0 Å². The Morgan fingerprint density at radius 1 is 1.03 bits per heavy atom. The largest absolute Gasteiger partial charge is 0.486 e. The van der Waals surface area contributed by atoms with E-state index in [1.807, 2.05) is 60.7 Å². The van der Waals surface area contributed by atoms with E-state index in [2.05, 4.69) is 25.6 Å². The summed E-state index contributed by atoms with van der Waals surface area (Å²) in [7, 11) is 0. The molecule has 0 radical (unpaired) electrons. The Morgan fingerprint density at radius 2 is 1.86 bits per heavy atom. The number of nitrogens with zero attached hydrogens (tertiary/aromatic N) is 4. The maximum Gasteiger partial charge on any atom is 0.274 e. The van der Waals surface area contributed by atoms with Crippen LogP contribution in [0.15, 0.2) is 89.8 Å². The lowest BCUT2D eigenvalue weighted by molar-refractivity contribution is 0.102. The van der Waals surface area contributed by atoms with Crippen molar-refractivity contribution in [3.05, 3.63) is 96.8 Å². The fraction of sp³-hybridized carbons (Fsp3) is 0.179. The average Bonchev–Trinajstić information content (AvgIpc) is 3.63. The molecule has 9 nitrogen and oxygen atoms in total. The molecule has 5 aromatic rings. The van der Waals surface area contributed by atoms with Gasteiger partial charge in [-0.2, -0.15) is 5.10 Å². The van der Waals surface area contributed by atoms with Crippen molar-refractivity contribution in [1.29, 1.82) is 0 Å². The molecule has 0 unspecified atom stereocenters. The topological polar surface area (TPSA) is 96.9 Å². The molecule has 2 aromatic carbocycles. The Morgan fingerprint density at radius 3 is 2.68 bits per heavy atom. The van der Waals surface area contributed by atoms with Crippen LogP contribution >= 0.6 is 0 Å². The van der Waals surface area contributed by atoms with E-state index < -0.39 is 0 Å². The number of rotatable bonds is 7. The number of piperazine rings is 1. The quantitative estimate of drug-likeness (QED) is 0.350. The third-order valence-corrected chi connectivity index (χ3v) is 6.34. The van der Waals surface area contributed by atoms with E-state index in [0.717, 1.165) is 60.2 Å². The molecular weight excluding hydrogens is 468 g/mol. The van der Waals surface area contributed by atoms with Gasteiger partial charge < -0.3 is 24.7 Å². The molecule has 1 amide bonds. The highest BCUT2D eigenvalue weighted by atomic mass is 16.5. The predicted molar refractivity (Wildman–Crippen MR) is 141 cm³/mol. The van der Waals surface area contributed by atoms with Crippen molar-refractivity contribution in [2.24, 2.45) is 0 Å². The zero-order valence-electron chi connectivity index (χ0n) is 20.1. The van der Waals surface area contributed by atoms with Gasteiger partial charge in [0.2, 0.25) is 0 Å². The fourth-order valence-electron chi connectivity index (χ4n) is 4.43. The van der Waals surface area contributed by atoms with Gasteiger partial charge in [0, 0.05) is 37.9 Å². The van der Waals surface area contributed by atoms with E-state index in [1.165, 1.54) is 0 Å². The molecule has 0 atom stereocenters. The first-order chi connectivity index (χ1) is 18.2. The number of aromatic nitrogens is 3. The minimum absolute atomic E-state index is 0.265. The second-order valence-electron chi connectivity index (χ2n) is 8.74. The first kappa shape index (κ1) is 22.8. The molecule has 4 heterocycles. The molecule has 1 aliphatic heterocycles. The highest BCUT2D eigenvalue weighted by Crippen LogP contribution is 2.28. The van der Waals surface area contributed by atoms with Crippen molar-refractivity contribution in [2.75, 3.05) is 36.4 Å². The summed E-state index contributed by atoms with van der Waals surface area (Å²) in [5.41, 5.74) is 4.46. The van der Waals surface area contributed by atoms with Gasteiger partial charge in [-0.25, -0.2) is 9.50 Å². The van der Waals surface area contributed by atoms with E-state index in [1.54, 1.807) is 29.2 Å². The number of carbonyl (C=O) groups excluding carboxylic acids is 1. The van der Waals surface area contributed by atoms with Crippen molar-refractivity contribution in [3.63, 3.8) is 0 Å². The lowest BCUT2D eigenvalue weighted by Crippen LogP contribution is -2.43. The minimum Gasteiger partial charge on any atom is -0.486 e. The second kappa shape index (κ2) is 10.2. The number of ether oxygens (including phenoxy) is 1. The van der Waals surface area contributed by atoms with Crippen molar-refractivity contribution in [2.45, 2.75) is 6.61 Å². The summed E-state index contributed by atoms with van der Waals surface area (Å²) < 4.78 is 12.8. The van der Waals surface area contributed by atoms with Gasteiger partial charge >= 0.3 is 0 Å². The Hall–Kier alpha value is -4.63. The fourth-order valence-corrected chi connectivity index (χ4v) is 4.43. The number of amides is 1. The molecule has 0 bridgehead atoms. The molecule has 0 spiro atoms. The van der Waals surface area contributed by atoms with Crippen LogP contribution in [0.5, 0.6) is 5.75 Å². The summed E-state index contributed by atoms with van der Waals surface area (Å²) in [6.07, 6.45) is 5.13. The summed E-state index contributed by atoms with van der Waals surface area (Å²) in [5, 5.41) is 10.8. The number of nitrogens with one attached hydrogen (secondary N) is 2. The maximum absolute atomic E-state index is 13.2. The Bertz CT molecular complexity index is 1510. The molecule has 1 aliphatic rings. The van der Waals surface area contributed by atoms with E-state index in [4.69, 9.17) is 9.15 Å². The summed E-state index contributed by atoms with van der Waals surface area (Å²) in [4.78, 5) is 20.2. The van der Waals surface area contributed by atoms with Crippen LogP contribution in [0.3, 0.4) is 0 Å². The Labute approximate surface area is 213 Å². The van der Waals surface area contributed by atoms with E-state index >= 15 is 0 Å². The Balaban J connectivity index is 1.21. The van der Waals surface area contributed by atoms with Crippen LogP contribution in [-0.2, 0) is 6.61 Å². The van der Waals surface area contributed by atoms with Crippen molar-refractivity contribution < 1.29 is 13.9 Å². The summed E-state index contributed by atoms with van der Waals surface area (Å²) in [6, 6.07) is 20.9. The number of fused-ring (bicyclic) bond motifs is 1. The van der Waals surface area contributed by atoms with Crippen LogP contribution in [-0.4, -0.2) is 46.7 Å². The van der Waals surface area contributed by atoms with Gasteiger partial charge in [0.05, 0.1) is 23.8 Å². The van der Waals surface area contributed by atoms with Gasteiger partial charge in [-0.05, 0) is 48.0 Å². The number of hydrogen-bond acceptors (Lipinski definition) is 7. The third kappa shape index (κ3) is 4.89. The summed E-state index contributed by atoms with van der Waals surface area (Å²) in [6.45, 7) is 3.98. The van der Waals surface area contributed by atoms with Gasteiger partial charge in [0.1, 0.15) is 23.8 Å². The normalized spacial score (nSPS) is 13.6. The van der Waals surface area contributed by atoms with Gasteiger partial charge in [-0.15, -0.1) is 0 Å². The van der Waals surface area contributed by atoms with E-state index in [9.17, 15) is 4.79 Å². The molecular formula is C28H26N6O3. The SMILES string of the molecule is O=C(Nc1ccccc1N1CCNCC1)c1ccn2ncc(-c3ccc(OCc4ccco4)cc3)c2n1. The molecule has 186 valence electrons. The number of furan rings is 1. The van der Waals surface area contributed by atoms with Crippen LogP contribution in [0.1, 0.15) is 16.2 Å². The number of anilines is 2. The maximum atomic E-state index is 13.2.